The average Bonchev–Trinajstić information content (AvgIpc) is 3.22. The van der Waals surface area contributed by atoms with Crippen LogP contribution in [-0.2, 0) is 24.0 Å². The number of nitrogens with zero attached hydrogens (tertiary/aromatic N) is 1. The molecule has 0 spiro atoms. The Morgan fingerprint density at radius 2 is 1.81 bits per heavy atom. The van der Waals surface area contributed by atoms with Gasteiger partial charge in [0.2, 0.25) is 23.6 Å². The maximum Gasteiger partial charge on any atom is 0.326 e. The number of carboxylic acids is 1. The maximum atomic E-state index is 12.5. The Kier molecular flexibility index (Phi) is 10.7. The normalized spacial score (nSPS) is 17.1. The number of carboxylic acid groups (broad SMARTS) is 1. The van der Waals surface area contributed by atoms with Crippen molar-refractivity contribution < 1.29 is 29.1 Å². The van der Waals surface area contributed by atoms with E-state index in [1.807, 2.05) is 0 Å². The van der Waals surface area contributed by atoms with Gasteiger partial charge in [-0.3, -0.25) is 24.2 Å². The third-order valence-electron chi connectivity index (χ3n) is 4.42. The van der Waals surface area contributed by atoms with Gasteiger partial charge < -0.3 is 43.6 Å². The SMILES string of the molecule is NC(=O)CC(NC(=O)CNC(=O)C1CCCN1)C(=O)NC(CCCN=C(N)N)C(=O)O. The van der Waals surface area contributed by atoms with E-state index in [0.29, 0.717) is 13.0 Å². The Labute approximate surface area is 178 Å². The quantitative estimate of drug-likeness (QED) is 0.0782. The first-order chi connectivity index (χ1) is 14.6. The third kappa shape index (κ3) is 10.3. The van der Waals surface area contributed by atoms with Crippen molar-refractivity contribution in [3.05, 3.63) is 0 Å². The van der Waals surface area contributed by atoms with Crippen LogP contribution in [0.4, 0.5) is 0 Å². The van der Waals surface area contributed by atoms with E-state index in [1.165, 1.54) is 0 Å². The fraction of sp³-hybridized carbons (Fsp3) is 0.647. The molecule has 31 heavy (non-hydrogen) atoms. The van der Waals surface area contributed by atoms with Gasteiger partial charge in [0, 0.05) is 6.54 Å². The highest BCUT2D eigenvalue weighted by Crippen LogP contribution is 2.04. The van der Waals surface area contributed by atoms with E-state index in [2.05, 4.69) is 26.3 Å². The maximum absolute atomic E-state index is 12.5. The monoisotopic (exact) mass is 442 g/mol. The van der Waals surface area contributed by atoms with Gasteiger partial charge in [-0.05, 0) is 32.2 Å². The summed E-state index contributed by atoms with van der Waals surface area (Å²) >= 11 is 0. The lowest BCUT2D eigenvalue weighted by Gasteiger charge is -2.21. The average molecular weight is 442 g/mol. The Bertz CT molecular complexity index is 703. The third-order valence-corrected chi connectivity index (χ3v) is 4.42. The highest BCUT2D eigenvalue weighted by atomic mass is 16.4. The van der Waals surface area contributed by atoms with Gasteiger partial charge >= 0.3 is 5.97 Å². The zero-order chi connectivity index (χ0) is 23.4. The van der Waals surface area contributed by atoms with E-state index >= 15 is 0 Å². The van der Waals surface area contributed by atoms with Gasteiger partial charge in [-0.15, -0.1) is 0 Å². The lowest BCUT2D eigenvalue weighted by atomic mass is 10.1. The molecule has 11 N–H and O–H groups in total. The number of carbonyl (C=O) groups excluding carboxylic acids is 4. The molecule has 1 aliphatic rings. The molecule has 1 heterocycles. The molecule has 3 unspecified atom stereocenters. The second kappa shape index (κ2) is 13.0. The standard InChI is InChI=1S/C17H30N8O6/c18-12(26)7-11(24-13(27)8-23-14(28)9-3-1-5-21-9)15(29)25-10(16(30)31)4-2-6-22-17(19)20/h9-11,21H,1-8H2,(H2,18,26)(H,23,28)(H,24,27)(H,25,29)(H,30,31)(H4,19,20,22). The Morgan fingerprint density at radius 1 is 1.10 bits per heavy atom. The number of hydrogen-bond donors (Lipinski definition) is 8. The molecule has 1 fully saturated rings. The van der Waals surface area contributed by atoms with Gasteiger partial charge in [-0.2, -0.15) is 0 Å². The first-order valence-corrected chi connectivity index (χ1v) is 9.77. The molecular formula is C17H30N8O6. The molecule has 14 nitrogen and oxygen atoms in total. The van der Waals surface area contributed by atoms with Crippen LogP contribution in [0.3, 0.4) is 0 Å². The van der Waals surface area contributed by atoms with Crippen molar-refractivity contribution in [1.29, 1.82) is 0 Å². The van der Waals surface area contributed by atoms with E-state index in [9.17, 15) is 29.1 Å². The predicted octanol–water partition coefficient (Wildman–Crippen LogP) is -4.16. The fourth-order valence-corrected chi connectivity index (χ4v) is 2.89. The van der Waals surface area contributed by atoms with E-state index in [0.717, 1.165) is 6.42 Å². The summed E-state index contributed by atoms with van der Waals surface area (Å²) in [4.78, 5) is 62.9. The molecule has 174 valence electrons. The van der Waals surface area contributed by atoms with Gasteiger partial charge in [0.1, 0.15) is 12.1 Å². The Morgan fingerprint density at radius 3 is 2.35 bits per heavy atom. The van der Waals surface area contributed by atoms with Gasteiger partial charge in [-0.1, -0.05) is 0 Å². The lowest BCUT2D eigenvalue weighted by Crippen LogP contribution is -2.54. The number of carbonyl (C=O) groups is 5. The number of rotatable bonds is 13. The molecule has 0 aromatic rings. The van der Waals surface area contributed by atoms with Crippen LogP contribution in [0.25, 0.3) is 0 Å². The second-order valence-electron chi connectivity index (χ2n) is 7.01. The van der Waals surface area contributed by atoms with Crippen LogP contribution in [-0.4, -0.2) is 78.4 Å². The van der Waals surface area contributed by atoms with Crippen LogP contribution >= 0.6 is 0 Å². The molecule has 0 aromatic heterocycles. The van der Waals surface area contributed by atoms with E-state index in [-0.39, 0.29) is 37.3 Å². The lowest BCUT2D eigenvalue weighted by molar-refractivity contribution is -0.142. The van der Waals surface area contributed by atoms with E-state index in [1.54, 1.807) is 0 Å². The number of primary amides is 1. The first kappa shape index (κ1) is 25.6. The van der Waals surface area contributed by atoms with Crippen LogP contribution in [0.2, 0.25) is 0 Å². The largest absolute Gasteiger partial charge is 0.480 e. The van der Waals surface area contributed by atoms with Crippen molar-refractivity contribution >= 4 is 35.6 Å². The molecule has 0 radical (unpaired) electrons. The number of aliphatic carboxylic acids is 1. The zero-order valence-electron chi connectivity index (χ0n) is 17.1. The topological polar surface area (TPSA) is 244 Å². The number of amides is 4. The van der Waals surface area contributed by atoms with Crippen LogP contribution in [0.15, 0.2) is 4.99 Å². The van der Waals surface area contributed by atoms with Crippen molar-refractivity contribution in [3.63, 3.8) is 0 Å². The minimum atomic E-state index is -1.40. The molecule has 1 rings (SSSR count). The summed E-state index contributed by atoms with van der Waals surface area (Å²) in [6.45, 7) is 0.460. The fourth-order valence-electron chi connectivity index (χ4n) is 2.89. The summed E-state index contributed by atoms with van der Waals surface area (Å²) in [5, 5.41) is 19.2. The molecule has 1 aliphatic heterocycles. The van der Waals surface area contributed by atoms with Gasteiger partial charge in [0.15, 0.2) is 5.96 Å². The highest BCUT2D eigenvalue weighted by Gasteiger charge is 2.28. The first-order valence-electron chi connectivity index (χ1n) is 9.77. The van der Waals surface area contributed by atoms with Crippen molar-refractivity contribution in [2.24, 2.45) is 22.2 Å². The molecule has 4 amide bonds. The zero-order valence-corrected chi connectivity index (χ0v) is 17.1. The van der Waals surface area contributed by atoms with Crippen molar-refractivity contribution in [1.82, 2.24) is 21.3 Å². The molecule has 3 atom stereocenters. The van der Waals surface area contributed by atoms with Gasteiger partial charge in [-0.25, -0.2) is 4.79 Å². The molecule has 0 bridgehead atoms. The minimum Gasteiger partial charge on any atom is -0.480 e. The number of nitrogens with one attached hydrogen (secondary N) is 4. The molecule has 14 heteroatoms. The van der Waals surface area contributed by atoms with Gasteiger partial charge in [0.25, 0.3) is 0 Å². The van der Waals surface area contributed by atoms with Crippen LogP contribution in [0.1, 0.15) is 32.1 Å². The molecule has 0 saturated carbocycles. The van der Waals surface area contributed by atoms with Crippen molar-refractivity contribution in [2.75, 3.05) is 19.6 Å². The van der Waals surface area contributed by atoms with E-state index < -0.39 is 48.7 Å². The molecule has 1 saturated heterocycles. The Balaban J connectivity index is 2.61. The summed E-state index contributed by atoms with van der Waals surface area (Å²) in [5.41, 5.74) is 15.5. The molecule has 0 aromatic carbocycles. The second-order valence-corrected chi connectivity index (χ2v) is 7.01. The summed E-state index contributed by atoms with van der Waals surface area (Å²) in [5.74, 6) is -4.30. The summed E-state index contributed by atoms with van der Waals surface area (Å²) in [7, 11) is 0. The molecule has 0 aliphatic carbocycles. The summed E-state index contributed by atoms with van der Waals surface area (Å²) in [6.07, 6.45) is 1.24. The number of nitrogens with two attached hydrogens (primary N) is 3. The van der Waals surface area contributed by atoms with Crippen molar-refractivity contribution in [2.45, 2.75) is 50.2 Å². The number of hydrogen-bond acceptors (Lipinski definition) is 7. The minimum absolute atomic E-state index is 0.0134. The predicted molar refractivity (Wildman–Crippen MR) is 109 cm³/mol. The van der Waals surface area contributed by atoms with Crippen LogP contribution in [0.5, 0.6) is 0 Å². The van der Waals surface area contributed by atoms with Crippen LogP contribution in [0, 0.1) is 0 Å². The Hall–Kier alpha value is -3.42. The van der Waals surface area contributed by atoms with Gasteiger partial charge in [0.05, 0.1) is 19.0 Å². The molecular weight excluding hydrogens is 412 g/mol. The summed E-state index contributed by atoms with van der Waals surface area (Å²) in [6, 6.07) is -3.07. The number of guanidine groups is 1. The van der Waals surface area contributed by atoms with Crippen molar-refractivity contribution in [3.8, 4) is 0 Å². The number of aliphatic imine (C=N–C) groups is 1. The van der Waals surface area contributed by atoms with E-state index in [4.69, 9.17) is 17.2 Å². The highest BCUT2D eigenvalue weighted by molar-refractivity contribution is 5.95. The summed E-state index contributed by atoms with van der Waals surface area (Å²) < 4.78 is 0. The van der Waals surface area contributed by atoms with Crippen LogP contribution < -0.4 is 38.5 Å². The smallest absolute Gasteiger partial charge is 0.326 e.